The smallest absolute Gasteiger partial charge is 0.338 e. The van der Waals surface area contributed by atoms with Gasteiger partial charge in [0, 0.05) is 16.1 Å². The van der Waals surface area contributed by atoms with Crippen molar-refractivity contribution < 1.29 is 19.0 Å². The van der Waals surface area contributed by atoms with Gasteiger partial charge in [0.15, 0.2) is 4.80 Å². The van der Waals surface area contributed by atoms with E-state index in [9.17, 15) is 9.59 Å². The number of methoxy groups -OCH3 is 2. The average molecular weight is 611 g/mol. The molecule has 216 valence electrons. The molecule has 5 aromatic rings. The molecule has 1 aliphatic heterocycles. The number of carbonyl (C=O) groups is 1. The van der Waals surface area contributed by atoms with E-state index in [4.69, 9.17) is 25.8 Å². The van der Waals surface area contributed by atoms with Gasteiger partial charge in [0.25, 0.3) is 5.56 Å². The Hall–Kier alpha value is -4.66. The normalized spacial score (nSPS) is 14.8. The third kappa shape index (κ3) is 5.35. The Morgan fingerprint density at radius 3 is 2.58 bits per heavy atom. The van der Waals surface area contributed by atoms with E-state index >= 15 is 0 Å². The highest BCUT2D eigenvalue weighted by atomic mass is 35.5. The van der Waals surface area contributed by atoms with Crippen molar-refractivity contribution in [3.8, 4) is 11.5 Å². The van der Waals surface area contributed by atoms with Crippen molar-refractivity contribution >= 4 is 45.8 Å². The number of ether oxygens (including phenoxy) is 3. The second-order valence-corrected chi connectivity index (χ2v) is 11.4. The number of hydrogen-bond donors (Lipinski definition) is 0. The first-order valence-corrected chi connectivity index (χ1v) is 14.7. The maximum Gasteiger partial charge on any atom is 0.338 e. The van der Waals surface area contributed by atoms with E-state index in [0.29, 0.717) is 43.7 Å². The van der Waals surface area contributed by atoms with Crippen LogP contribution in [0.25, 0.3) is 16.8 Å². The first-order chi connectivity index (χ1) is 20.9. The molecule has 0 spiro atoms. The Morgan fingerprint density at radius 1 is 1.00 bits per heavy atom. The number of rotatable bonds is 7. The second-order valence-electron chi connectivity index (χ2n) is 9.92. The lowest BCUT2D eigenvalue weighted by molar-refractivity contribution is -0.136. The predicted octanol–water partition coefficient (Wildman–Crippen LogP) is 5.80. The Labute approximate surface area is 256 Å². The topological polar surface area (TPSA) is 79.1 Å². The first-order valence-electron chi connectivity index (χ1n) is 13.5. The van der Waals surface area contributed by atoms with E-state index in [-0.39, 0.29) is 11.1 Å². The van der Waals surface area contributed by atoms with Gasteiger partial charge in [-0.05, 0) is 53.6 Å². The fourth-order valence-corrected chi connectivity index (χ4v) is 6.57. The summed E-state index contributed by atoms with van der Waals surface area (Å²) in [5.41, 5.74) is 2.73. The number of hydrogen-bond acceptors (Lipinski definition) is 7. The van der Waals surface area contributed by atoms with Gasteiger partial charge in [-0.25, -0.2) is 9.79 Å². The molecule has 0 N–H and O–H groups in total. The van der Waals surface area contributed by atoms with Gasteiger partial charge in [-0.1, -0.05) is 83.6 Å². The fraction of sp³-hybridized carbons (Fsp3) is 0.147. The molecule has 0 bridgehead atoms. The maximum atomic E-state index is 14.1. The SMILES string of the molecule is COC(=O)C1=C(C)N=c2s/c(=C\c3ccccc3OCc3cccc4ccccc34)c(=O)n2[C@H]1c1cc(Cl)ccc1OC. The molecule has 0 saturated heterocycles. The molecule has 43 heavy (non-hydrogen) atoms. The molecule has 1 aromatic heterocycles. The number of para-hydroxylation sites is 1. The molecular weight excluding hydrogens is 584 g/mol. The molecule has 6 rings (SSSR count). The minimum Gasteiger partial charge on any atom is -0.496 e. The summed E-state index contributed by atoms with van der Waals surface area (Å²) in [6.07, 6.45) is 1.80. The molecular formula is C34H27ClN2O5S. The van der Waals surface area contributed by atoms with Crippen molar-refractivity contribution in [1.82, 2.24) is 4.57 Å². The highest BCUT2D eigenvalue weighted by Crippen LogP contribution is 2.37. The largest absolute Gasteiger partial charge is 0.496 e. The van der Waals surface area contributed by atoms with Gasteiger partial charge in [0.1, 0.15) is 24.1 Å². The third-order valence-corrected chi connectivity index (χ3v) is 8.60. The molecule has 0 amide bonds. The van der Waals surface area contributed by atoms with Crippen LogP contribution in [0, 0.1) is 0 Å². The van der Waals surface area contributed by atoms with Gasteiger partial charge < -0.3 is 14.2 Å². The third-order valence-electron chi connectivity index (χ3n) is 7.38. The summed E-state index contributed by atoms with van der Waals surface area (Å²) in [5, 5.41) is 2.71. The molecule has 1 aliphatic rings. The molecule has 1 atom stereocenters. The van der Waals surface area contributed by atoms with E-state index in [2.05, 4.69) is 23.2 Å². The van der Waals surface area contributed by atoms with E-state index in [1.165, 1.54) is 30.1 Å². The van der Waals surface area contributed by atoms with Crippen molar-refractivity contribution in [2.75, 3.05) is 14.2 Å². The van der Waals surface area contributed by atoms with E-state index in [1.54, 1.807) is 31.2 Å². The van der Waals surface area contributed by atoms with Crippen LogP contribution in [-0.2, 0) is 16.1 Å². The molecule has 9 heteroatoms. The summed E-state index contributed by atoms with van der Waals surface area (Å²) in [4.78, 5) is 32.2. The monoisotopic (exact) mass is 610 g/mol. The molecule has 2 heterocycles. The molecule has 0 saturated carbocycles. The molecule has 0 fully saturated rings. The highest BCUT2D eigenvalue weighted by molar-refractivity contribution is 7.07. The standard InChI is InChI=1S/C34H27ClN2O5S/c1-20-30(33(39)41-3)31(26-18-24(35)15-16-28(26)40-2)37-32(38)29(43-34(37)36-20)17-22-10-5-7-14-27(22)42-19-23-12-8-11-21-9-4-6-13-25(21)23/h4-18,31H,19H2,1-3H3/b29-17-/t31-/m0/s1. The number of fused-ring (bicyclic) bond motifs is 2. The lowest BCUT2D eigenvalue weighted by Gasteiger charge is -2.25. The number of halogens is 1. The number of nitrogens with zero attached hydrogens (tertiary/aromatic N) is 2. The van der Waals surface area contributed by atoms with Crippen LogP contribution >= 0.6 is 22.9 Å². The number of thiazole rings is 1. The number of carbonyl (C=O) groups excluding carboxylic acids is 1. The van der Waals surface area contributed by atoms with E-state index in [1.807, 2.05) is 48.5 Å². The quantitative estimate of drug-likeness (QED) is 0.218. The molecule has 4 aromatic carbocycles. The zero-order valence-corrected chi connectivity index (χ0v) is 25.2. The number of aromatic nitrogens is 1. The maximum absolute atomic E-state index is 14.1. The fourth-order valence-electron chi connectivity index (χ4n) is 5.35. The molecule has 0 unspecified atom stereocenters. The second kappa shape index (κ2) is 11.9. The highest BCUT2D eigenvalue weighted by Gasteiger charge is 2.35. The summed E-state index contributed by atoms with van der Waals surface area (Å²) in [6, 6.07) is 26.1. The van der Waals surface area contributed by atoms with Gasteiger partial charge in [0.05, 0.1) is 30.0 Å². The van der Waals surface area contributed by atoms with Crippen LogP contribution in [0.15, 0.2) is 106 Å². The lowest BCUT2D eigenvalue weighted by atomic mass is 9.95. The zero-order valence-electron chi connectivity index (χ0n) is 23.7. The van der Waals surface area contributed by atoms with Crippen LogP contribution in [0.4, 0.5) is 0 Å². The lowest BCUT2D eigenvalue weighted by Crippen LogP contribution is -2.40. The van der Waals surface area contributed by atoms with Crippen molar-refractivity contribution in [2.24, 2.45) is 4.99 Å². The number of benzene rings is 4. The Bertz CT molecular complexity index is 2090. The van der Waals surface area contributed by atoms with Crippen molar-refractivity contribution in [2.45, 2.75) is 19.6 Å². The van der Waals surface area contributed by atoms with Gasteiger partial charge in [-0.2, -0.15) is 0 Å². The van der Waals surface area contributed by atoms with Crippen LogP contribution in [-0.4, -0.2) is 24.8 Å². The molecule has 0 radical (unpaired) electrons. The van der Waals surface area contributed by atoms with E-state index < -0.39 is 12.0 Å². The minimum atomic E-state index is -0.850. The van der Waals surface area contributed by atoms with Crippen LogP contribution < -0.4 is 24.4 Å². The summed E-state index contributed by atoms with van der Waals surface area (Å²) >= 11 is 7.61. The van der Waals surface area contributed by atoms with Crippen LogP contribution in [0.2, 0.25) is 5.02 Å². The summed E-state index contributed by atoms with van der Waals surface area (Å²) in [7, 11) is 2.83. The summed E-state index contributed by atoms with van der Waals surface area (Å²) in [6.45, 7) is 2.09. The van der Waals surface area contributed by atoms with Crippen LogP contribution in [0.5, 0.6) is 11.5 Å². The van der Waals surface area contributed by atoms with Crippen molar-refractivity contribution in [3.05, 3.63) is 138 Å². The number of allylic oxidation sites excluding steroid dienone is 1. The Morgan fingerprint density at radius 2 is 1.77 bits per heavy atom. The Kier molecular flexibility index (Phi) is 7.88. The zero-order chi connectivity index (χ0) is 30.1. The molecule has 7 nitrogen and oxygen atoms in total. The first kappa shape index (κ1) is 28.5. The summed E-state index contributed by atoms with van der Waals surface area (Å²) < 4.78 is 19.0. The van der Waals surface area contributed by atoms with Gasteiger partial charge in [-0.15, -0.1) is 0 Å². The summed E-state index contributed by atoms with van der Waals surface area (Å²) in [5.74, 6) is 0.530. The van der Waals surface area contributed by atoms with Gasteiger partial charge in [-0.3, -0.25) is 9.36 Å². The van der Waals surface area contributed by atoms with E-state index in [0.717, 1.165) is 21.9 Å². The van der Waals surface area contributed by atoms with Gasteiger partial charge >= 0.3 is 5.97 Å². The average Bonchev–Trinajstić information content (AvgIpc) is 3.33. The minimum absolute atomic E-state index is 0.237. The van der Waals surface area contributed by atoms with Crippen molar-refractivity contribution in [1.29, 1.82) is 0 Å². The van der Waals surface area contributed by atoms with Crippen molar-refractivity contribution in [3.63, 3.8) is 0 Å². The van der Waals surface area contributed by atoms with Crippen LogP contribution in [0.3, 0.4) is 0 Å². The number of esters is 1. The molecule has 0 aliphatic carbocycles. The Balaban J connectivity index is 1.45. The predicted molar refractivity (Wildman–Crippen MR) is 169 cm³/mol. The van der Waals surface area contributed by atoms with Gasteiger partial charge in [0.2, 0.25) is 0 Å². The van der Waals surface area contributed by atoms with Crippen LogP contribution in [0.1, 0.15) is 29.7 Å².